The Morgan fingerprint density at radius 2 is 1.81 bits per heavy atom. The number of piperidine rings is 1. The molecule has 0 radical (unpaired) electrons. The van der Waals surface area contributed by atoms with Crippen LogP contribution in [0.2, 0.25) is 0 Å². The van der Waals surface area contributed by atoms with Crippen molar-refractivity contribution in [3.05, 3.63) is 30.3 Å². The Labute approximate surface area is 128 Å². The van der Waals surface area contributed by atoms with Crippen LogP contribution in [0.1, 0.15) is 46.5 Å². The summed E-state index contributed by atoms with van der Waals surface area (Å²) >= 11 is 0. The van der Waals surface area contributed by atoms with Gasteiger partial charge in [0.2, 0.25) is 0 Å². The quantitative estimate of drug-likeness (QED) is 0.854. The van der Waals surface area contributed by atoms with Crippen molar-refractivity contribution in [2.75, 3.05) is 18.4 Å². The Morgan fingerprint density at radius 3 is 2.38 bits per heavy atom. The van der Waals surface area contributed by atoms with Crippen LogP contribution in [0.15, 0.2) is 30.3 Å². The molecule has 1 aliphatic heterocycles. The van der Waals surface area contributed by atoms with Crippen molar-refractivity contribution < 1.29 is 4.79 Å². The van der Waals surface area contributed by atoms with Gasteiger partial charge in [-0.25, -0.2) is 4.79 Å². The van der Waals surface area contributed by atoms with Gasteiger partial charge in [0.1, 0.15) is 0 Å². The summed E-state index contributed by atoms with van der Waals surface area (Å²) in [5, 5.41) is 2.97. The fourth-order valence-electron chi connectivity index (χ4n) is 2.79. The van der Waals surface area contributed by atoms with Crippen LogP contribution in [0.3, 0.4) is 0 Å². The zero-order valence-corrected chi connectivity index (χ0v) is 13.6. The summed E-state index contributed by atoms with van der Waals surface area (Å²) in [5.74, 6) is 0.782. The van der Waals surface area contributed by atoms with Gasteiger partial charge >= 0.3 is 6.03 Å². The molecular formula is C18H28N2O. The molecule has 116 valence electrons. The molecule has 1 saturated heterocycles. The zero-order chi connectivity index (χ0) is 15.3. The summed E-state index contributed by atoms with van der Waals surface area (Å²) < 4.78 is 0. The maximum Gasteiger partial charge on any atom is 0.321 e. The molecule has 1 aliphatic rings. The zero-order valence-electron chi connectivity index (χ0n) is 13.6. The van der Waals surface area contributed by atoms with Crippen molar-refractivity contribution in [3.8, 4) is 0 Å². The number of anilines is 1. The summed E-state index contributed by atoms with van der Waals surface area (Å²) in [7, 11) is 0. The number of hydrogen-bond donors (Lipinski definition) is 1. The fraction of sp³-hybridized carbons (Fsp3) is 0.611. The van der Waals surface area contributed by atoms with Gasteiger partial charge in [-0.15, -0.1) is 0 Å². The van der Waals surface area contributed by atoms with E-state index in [0.717, 1.165) is 37.5 Å². The lowest BCUT2D eigenvalue weighted by molar-refractivity contribution is 0.173. The third kappa shape index (κ3) is 5.41. The van der Waals surface area contributed by atoms with Crippen LogP contribution in [0, 0.1) is 11.3 Å². The Morgan fingerprint density at radius 1 is 1.19 bits per heavy atom. The van der Waals surface area contributed by atoms with Crippen molar-refractivity contribution in [2.45, 2.75) is 46.5 Å². The maximum atomic E-state index is 12.2. The van der Waals surface area contributed by atoms with Gasteiger partial charge in [-0.05, 0) is 49.1 Å². The van der Waals surface area contributed by atoms with Crippen LogP contribution in [0.4, 0.5) is 10.5 Å². The van der Waals surface area contributed by atoms with E-state index in [9.17, 15) is 4.79 Å². The van der Waals surface area contributed by atoms with Crippen LogP contribution < -0.4 is 5.32 Å². The first kappa shape index (κ1) is 15.9. The van der Waals surface area contributed by atoms with Crippen molar-refractivity contribution in [2.24, 2.45) is 11.3 Å². The van der Waals surface area contributed by atoms with Gasteiger partial charge in [0.05, 0.1) is 0 Å². The van der Waals surface area contributed by atoms with E-state index in [1.807, 2.05) is 35.2 Å². The smallest absolute Gasteiger partial charge is 0.321 e. The molecule has 1 N–H and O–H groups in total. The molecule has 2 amide bonds. The van der Waals surface area contributed by atoms with Crippen molar-refractivity contribution in [3.63, 3.8) is 0 Å². The number of carbonyl (C=O) groups is 1. The van der Waals surface area contributed by atoms with Gasteiger partial charge in [0, 0.05) is 18.8 Å². The monoisotopic (exact) mass is 288 g/mol. The van der Waals surface area contributed by atoms with Gasteiger partial charge in [-0.1, -0.05) is 39.0 Å². The molecule has 21 heavy (non-hydrogen) atoms. The molecule has 3 nitrogen and oxygen atoms in total. The molecule has 1 aromatic rings. The van der Waals surface area contributed by atoms with Gasteiger partial charge < -0.3 is 10.2 Å². The van der Waals surface area contributed by atoms with Crippen molar-refractivity contribution in [1.82, 2.24) is 4.90 Å². The van der Waals surface area contributed by atoms with E-state index in [1.165, 1.54) is 12.8 Å². The first-order valence-corrected chi connectivity index (χ1v) is 8.05. The first-order valence-electron chi connectivity index (χ1n) is 8.05. The number of hydrogen-bond acceptors (Lipinski definition) is 1. The average Bonchev–Trinajstić information content (AvgIpc) is 2.46. The summed E-state index contributed by atoms with van der Waals surface area (Å²) in [6.45, 7) is 8.67. The second-order valence-electron chi connectivity index (χ2n) is 7.33. The third-order valence-corrected chi connectivity index (χ3v) is 4.23. The molecule has 0 atom stereocenters. The predicted octanol–water partition coefficient (Wildman–Crippen LogP) is 4.76. The third-order valence-electron chi connectivity index (χ3n) is 4.23. The van der Waals surface area contributed by atoms with Crippen LogP contribution in [-0.4, -0.2) is 24.0 Å². The minimum absolute atomic E-state index is 0.0375. The summed E-state index contributed by atoms with van der Waals surface area (Å²) in [4.78, 5) is 14.2. The number of para-hydroxylation sites is 1. The molecule has 0 unspecified atom stereocenters. The predicted molar refractivity (Wildman–Crippen MR) is 88.4 cm³/mol. The summed E-state index contributed by atoms with van der Waals surface area (Å²) in [6.07, 6.45) is 4.84. The summed E-state index contributed by atoms with van der Waals surface area (Å²) in [5.41, 5.74) is 1.29. The summed E-state index contributed by atoms with van der Waals surface area (Å²) in [6, 6.07) is 9.72. The molecule has 0 aliphatic carbocycles. The highest BCUT2D eigenvalue weighted by Crippen LogP contribution is 2.29. The van der Waals surface area contributed by atoms with E-state index >= 15 is 0 Å². The molecule has 0 bridgehead atoms. The number of amides is 2. The molecule has 3 heteroatoms. The van der Waals surface area contributed by atoms with Crippen molar-refractivity contribution >= 4 is 11.7 Å². The Kier molecular flexibility index (Phi) is 5.27. The minimum atomic E-state index is 0.0375. The number of rotatable bonds is 3. The van der Waals surface area contributed by atoms with E-state index in [0.29, 0.717) is 5.41 Å². The van der Waals surface area contributed by atoms with Crippen LogP contribution >= 0.6 is 0 Å². The van der Waals surface area contributed by atoms with Gasteiger partial charge in [-0.2, -0.15) is 0 Å². The van der Waals surface area contributed by atoms with Gasteiger partial charge in [-0.3, -0.25) is 0 Å². The van der Waals surface area contributed by atoms with Crippen molar-refractivity contribution in [1.29, 1.82) is 0 Å². The van der Waals surface area contributed by atoms with Gasteiger partial charge in [0.25, 0.3) is 0 Å². The topological polar surface area (TPSA) is 32.3 Å². The number of nitrogens with one attached hydrogen (secondary N) is 1. The lowest BCUT2D eigenvalue weighted by atomic mass is 9.83. The fourth-order valence-corrected chi connectivity index (χ4v) is 2.79. The number of urea groups is 1. The first-order chi connectivity index (χ1) is 9.94. The molecule has 1 heterocycles. The van der Waals surface area contributed by atoms with Gasteiger partial charge in [0.15, 0.2) is 0 Å². The maximum absolute atomic E-state index is 12.2. The Bertz CT molecular complexity index is 442. The van der Waals surface area contributed by atoms with Crippen LogP contribution in [0.25, 0.3) is 0 Å². The lowest BCUT2D eigenvalue weighted by Crippen LogP contribution is -2.41. The lowest BCUT2D eigenvalue weighted by Gasteiger charge is -2.33. The van der Waals surface area contributed by atoms with E-state index in [2.05, 4.69) is 26.1 Å². The second-order valence-corrected chi connectivity index (χ2v) is 7.33. The highest BCUT2D eigenvalue weighted by molar-refractivity contribution is 5.89. The second kappa shape index (κ2) is 6.97. The van der Waals surface area contributed by atoms with E-state index in [4.69, 9.17) is 0 Å². The number of nitrogens with zero attached hydrogens (tertiary/aromatic N) is 1. The largest absolute Gasteiger partial charge is 0.325 e. The molecular weight excluding hydrogens is 260 g/mol. The molecule has 2 rings (SSSR count). The Balaban J connectivity index is 1.74. The number of carbonyl (C=O) groups excluding carboxylic acids is 1. The molecule has 0 spiro atoms. The highest BCUT2D eigenvalue weighted by atomic mass is 16.2. The molecule has 0 saturated carbocycles. The Hall–Kier alpha value is -1.51. The van der Waals surface area contributed by atoms with E-state index in [1.54, 1.807) is 0 Å². The number of likely N-dealkylation sites (tertiary alicyclic amines) is 1. The molecule has 1 fully saturated rings. The average molecular weight is 288 g/mol. The number of benzene rings is 1. The minimum Gasteiger partial charge on any atom is -0.325 e. The molecule has 1 aromatic carbocycles. The van der Waals surface area contributed by atoms with E-state index < -0.39 is 0 Å². The van der Waals surface area contributed by atoms with Crippen LogP contribution in [0.5, 0.6) is 0 Å². The standard InChI is InChI=1S/C18H28N2O/c1-18(2,3)12-9-15-10-13-20(14-11-15)17(21)19-16-7-5-4-6-8-16/h4-8,15H,9-14H2,1-3H3,(H,19,21). The normalized spacial score (nSPS) is 16.8. The van der Waals surface area contributed by atoms with E-state index in [-0.39, 0.29) is 6.03 Å². The van der Waals surface area contributed by atoms with Crippen LogP contribution in [-0.2, 0) is 0 Å². The SMILES string of the molecule is CC(C)(C)CCC1CCN(C(=O)Nc2ccccc2)CC1. The molecule has 0 aromatic heterocycles. The highest BCUT2D eigenvalue weighted by Gasteiger charge is 2.24.